The van der Waals surface area contributed by atoms with Gasteiger partial charge in [-0.05, 0) is 30.0 Å². The van der Waals surface area contributed by atoms with Gasteiger partial charge in [-0.2, -0.15) is 15.4 Å². The van der Waals surface area contributed by atoms with Gasteiger partial charge >= 0.3 is 0 Å². The number of rotatable bonds is 3. The van der Waals surface area contributed by atoms with Gasteiger partial charge in [0.05, 0.1) is 11.9 Å². The minimum Gasteiger partial charge on any atom is -0.265 e. The monoisotopic (exact) mass is 188 g/mol. The maximum absolute atomic E-state index is 4.03. The molecule has 1 unspecified atom stereocenters. The summed E-state index contributed by atoms with van der Waals surface area (Å²) in [6.07, 6.45) is 6.29. The van der Waals surface area contributed by atoms with Crippen LogP contribution in [0.15, 0.2) is 30.7 Å². The second-order valence-corrected chi connectivity index (χ2v) is 3.35. The lowest BCUT2D eigenvalue weighted by atomic mass is 9.98. The molecule has 0 spiro atoms. The first-order valence-corrected chi connectivity index (χ1v) is 4.61. The number of nitrogens with one attached hydrogen (secondary N) is 1. The zero-order chi connectivity index (χ0) is 9.80. The van der Waals surface area contributed by atoms with E-state index in [2.05, 4.69) is 27.3 Å². The molecule has 4 nitrogen and oxygen atoms in total. The fourth-order valence-electron chi connectivity index (χ4n) is 1.45. The van der Waals surface area contributed by atoms with E-state index in [1.165, 1.54) is 5.56 Å². The Hall–Kier alpha value is -1.71. The van der Waals surface area contributed by atoms with E-state index in [0.717, 1.165) is 12.1 Å². The zero-order valence-corrected chi connectivity index (χ0v) is 8.01. The summed E-state index contributed by atoms with van der Waals surface area (Å²) in [5, 5.41) is 10.4. The Morgan fingerprint density at radius 1 is 1.36 bits per heavy atom. The molecule has 0 amide bonds. The highest BCUT2D eigenvalue weighted by Crippen LogP contribution is 2.17. The highest BCUT2D eigenvalue weighted by Gasteiger charge is 2.07. The van der Waals surface area contributed by atoms with Crippen LogP contribution in [0.2, 0.25) is 0 Å². The molecule has 0 saturated carbocycles. The van der Waals surface area contributed by atoms with Crippen LogP contribution in [-0.4, -0.2) is 20.4 Å². The van der Waals surface area contributed by atoms with Crippen molar-refractivity contribution in [1.29, 1.82) is 0 Å². The molecule has 14 heavy (non-hydrogen) atoms. The number of hydrogen-bond donors (Lipinski definition) is 1. The highest BCUT2D eigenvalue weighted by molar-refractivity contribution is 5.16. The third-order valence-electron chi connectivity index (χ3n) is 2.26. The van der Waals surface area contributed by atoms with E-state index in [1.54, 1.807) is 6.20 Å². The van der Waals surface area contributed by atoms with Crippen LogP contribution in [0.3, 0.4) is 0 Å². The molecule has 0 aliphatic carbocycles. The number of H-pyrrole nitrogens is 1. The van der Waals surface area contributed by atoms with E-state index in [1.807, 2.05) is 24.5 Å². The molecule has 0 bridgehead atoms. The quantitative estimate of drug-likeness (QED) is 0.795. The van der Waals surface area contributed by atoms with Gasteiger partial charge in [0, 0.05) is 12.4 Å². The van der Waals surface area contributed by atoms with Crippen molar-refractivity contribution in [3.8, 4) is 0 Å². The second-order valence-electron chi connectivity index (χ2n) is 3.35. The maximum atomic E-state index is 4.03. The Kier molecular flexibility index (Phi) is 2.53. The molecule has 4 heteroatoms. The summed E-state index contributed by atoms with van der Waals surface area (Å²) in [6.45, 7) is 2.17. The van der Waals surface area contributed by atoms with E-state index < -0.39 is 0 Å². The first-order chi connectivity index (χ1) is 6.86. The Morgan fingerprint density at radius 2 is 2.14 bits per heavy atom. The molecule has 0 saturated heterocycles. The van der Waals surface area contributed by atoms with Gasteiger partial charge in [0.1, 0.15) is 0 Å². The van der Waals surface area contributed by atoms with Crippen LogP contribution in [-0.2, 0) is 6.42 Å². The van der Waals surface area contributed by atoms with Gasteiger partial charge in [0.2, 0.25) is 0 Å². The molecule has 2 aromatic heterocycles. The van der Waals surface area contributed by atoms with E-state index in [4.69, 9.17) is 0 Å². The number of aromatic amines is 1. The summed E-state index contributed by atoms with van der Waals surface area (Å²) in [5.41, 5.74) is 2.28. The van der Waals surface area contributed by atoms with Crippen LogP contribution in [0.4, 0.5) is 0 Å². The minimum atomic E-state index is 0.447. The van der Waals surface area contributed by atoms with E-state index in [9.17, 15) is 0 Å². The molecule has 0 aromatic carbocycles. The van der Waals surface area contributed by atoms with Gasteiger partial charge in [-0.15, -0.1) is 0 Å². The Balaban J connectivity index is 2.07. The van der Waals surface area contributed by atoms with E-state index in [-0.39, 0.29) is 0 Å². The normalized spacial score (nSPS) is 12.6. The van der Waals surface area contributed by atoms with Crippen LogP contribution in [0, 0.1) is 0 Å². The first-order valence-electron chi connectivity index (χ1n) is 4.61. The van der Waals surface area contributed by atoms with Crippen LogP contribution in [0.25, 0.3) is 0 Å². The predicted molar refractivity (Wildman–Crippen MR) is 52.7 cm³/mol. The summed E-state index contributed by atoms with van der Waals surface area (Å²) in [7, 11) is 0. The molecule has 72 valence electrons. The van der Waals surface area contributed by atoms with Crippen molar-refractivity contribution in [2.45, 2.75) is 19.3 Å². The lowest BCUT2D eigenvalue weighted by Gasteiger charge is -2.08. The van der Waals surface area contributed by atoms with Crippen LogP contribution in [0.1, 0.15) is 24.1 Å². The standard InChI is InChI=1S/C10H12N4/c1-8(6-10-7-12-14-13-10)9-2-4-11-5-3-9/h2-5,7-8H,6H2,1H3,(H,12,13,14). The predicted octanol–water partition coefficient (Wildman–Crippen LogP) is 1.55. The van der Waals surface area contributed by atoms with Crippen molar-refractivity contribution in [2.24, 2.45) is 0 Å². The summed E-state index contributed by atoms with van der Waals surface area (Å²) in [5.74, 6) is 0.447. The maximum Gasteiger partial charge on any atom is 0.0830 e. The van der Waals surface area contributed by atoms with Crippen molar-refractivity contribution in [3.05, 3.63) is 42.0 Å². The third kappa shape index (κ3) is 1.96. The molecule has 1 atom stereocenters. The number of nitrogens with zero attached hydrogens (tertiary/aromatic N) is 3. The molecular formula is C10H12N4. The fourth-order valence-corrected chi connectivity index (χ4v) is 1.45. The number of aromatic nitrogens is 4. The van der Waals surface area contributed by atoms with Crippen molar-refractivity contribution >= 4 is 0 Å². The number of hydrogen-bond acceptors (Lipinski definition) is 3. The average molecular weight is 188 g/mol. The van der Waals surface area contributed by atoms with E-state index >= 15 is 0 Å². The van der Waals surface area contributed by atoms with Gasteiger partial charge < -0.3 is 0 Å². The fraction of sp³-hybridized carbons (Fsp3) is 0.300. The lowest BCUT2D eigenvalue weighted by Crippen LogP contribution is -1.98. The SMILES string of the molecule is CC(Cc1cn[nH]n1)c1ccncc1. The summed E-state index contributed by atoms with van der Waals surface area (Å²) < 4.78 is 0. The molecule has 2 heterocycles. The van der Waals surface area contributed by atoms with Gasteiger partial charge in [-0.25, -0.2) is 0 Å². The number of pyridine rings is 1. The van der Waals surface area contributed by atoms with Crippen molar-refractivity contribution < 1.29 is 0 Å². The highest BCUT2D eigenvalue weighted by atomic mass is 15.3. The van der Waals surface area contributed by atoms with Crippen LogP contribution in [0.5, 0.6) is 0 Å². The summed E-state index contributed by atoms with van der Waals surface area (Å²) in [4.78, 5) is 3.99. The Labute approximate surface area is 82.4 Å². The minimum absolute atomic E-state index is 0.447. The molecular weight excluding hydrogens is 176 g/mol. The Bertz CT molecular complexity index is 368. The van der Waals surface area contributed by atoms with Crippen molar-refractivity contribution in [3.63, 3.8) is 0 Å². The first kappa shape index (κ1) is 8.87. The molecule has 1 N–H and O–H groups in total. The topological polar surface area (TPSA) is 54.5 Å². The summed E-state index contributed by atoms with van der Waals surface area (Å²) >= 11 is 0. The zero-order valence-electron chi connectivity index (χ0n) is 8.01. The third-order valence-corrected chi connectivity index (χ3v) is 2.26. The largest absolute Gasteiger partial charge is 0.265 e. The Morgan fingerprint density at radius 3 is 2.79 bits per heavy atom. The van der Waals surface area contributed by atoms with Crippen LogP contribution >= 0.6 is 0 Å². The molecule has 2 rings (SSSR count). The smallest absolute Gasteiger partial charge is 0.0830 e. The summed E-state index contributed by atoms with van der Waals surface area (Å²) in [6, 6.07) is 4.06. The molecule has 0 radical (unpaired) electrons. The molecule has 0 aliphatic rings. The molecule has 0 aliphatic heterocycles. The van der Waals surface area contributed by atoms with E-state index in [0.29, 0.717) is 5.92 Å². The van der Waals surface area contributed by atoms with Crippen molar-refractivity contribution in [2.75, 3.05) is 0 Å². The van der Waals surface area contributed by atoms with Gasteiger partial charge in [0.25, 0.3) is 0 Å². The molecule has 0 fully saturated rings. The average Bonchev–Trinajstić information content (AvgIpc) is 2.72. The molecule has 2 aromatic rings. The second kappa shape index (κ2) is 4.00. The van der Waals surface area contributed by atoms with Gasteiger partial charge in [-0.1, -0.05) is 6.92 Å². The van der Waals surface area contributed by atoms with Gasteiger partial charge in [0.15, 0.2) is 0 Å². The van der Waals surface area contributed by atoms with Gasteiger partial charge in [-0.3, -0.25) is 4.98 Å². The lowest BCUT2D eigenvalue weighted by molar-refractivity contribution is 0.734. The van der Waals surface area contributed by atoms with Crippen molar-refractivity contribution in [1.82, 2.24) is 20.4 Å². The van der Waals surface area contributed by atoms with Crippen LogP contribution < -0.4 is 0 Å².